The summed E-state index contributed by atoms with van der Waals surface area (Å²) in [4.78, 5) is 32.4. The molecular weight excluding hydrogens is 290 g/mol. The molecule has 1 fully saturated rings. The lowest BCUT2D eigenvalue weighted by atomic mass is 10.2. The third-order valence-corrected chi connectivity index (χ3v) is 5.06. The van der Waals surface area contributed by atoms with Crippen LogP contribution in [0.15, 0.2) is 4.79 Å². The van der Waals surface area contributed by atoms with Gasteiger partial charge in [-0.25, -0.2) is 4.98 Å². The van der Waals surface area contributed by atoms with Crippen LogP contribution >= 0.6 is 11.3 Å². The first-order chi connectivity index (χ1) is 10.0. The van der Waals surface area contributed by atoms with Crippen molar-refractivity contribution in [3.05, 3.63) is 26.6 Å². The van der Waals surface area contributed by atoms with Crippen LogP contribution in [0.2, 0.25) is 0 Å². The van der Waals surface area contributed by atoms with Crippen LogP contribution in [0.5, 0.6) is 0 Å². The summed E-state index contributed by atoms with van der Waals surface area (Å²) in [5, 5.41) is 0.560. The van der Waals surface area contributed by atoms with Crippen LogP contribution in [0, 0.1) is 13.8 Å². The SMILES string of the molecule is Cc1c(C(=O)N2CCOCC2)sc2nc(C)n(C)c(=O)c12. The third-order valence-electron chi connectivity index (χ3n) is 3.89. The molecule has 6 nitrogen and oxygen atoms in total. The highest BCUT2D eigenvalue weighted by Crippen LogP contribution is 2.28. The van der Waals surface area contributed by atoms with Gasteiger partial charge in [0.25, 0.3) is 11.5 Å². The number of amides is 1. The highest BCUT2D eigenvalue weighted by atomic mass is 32.1. The average Bonchev–Trinajstić information content (AvgIpc) is 2.82. The number of carbonyl (C=O) groups is 1. The van der Waals surface area contributed by atoms with E-state index in [0.29, 0.717) is 47.2 Å². The Balaban J connectivity index is 2.12. The molecule has 1 aliphatic heterocycles. The number of fused-ring (bicyclic) bond motifs is 1. The number of thiophene rings is 1. The van der Waals surface area contributed by atoms with Gasteiger partial charge in [0, 0.05) is 20.1 Å². The number of hydrogen-bond donors (Lipinski definition) is 0. The van der Waals surface area contributed by atoms with Gasteiger partial charge in [0.1, 0.15) is 10.7 Å². The van der Waals surface area contributed by atoms with Gasteiger partial charge in [-0.1, -0.05) is 0 Å². The van der Waals surface area contributed by atoms with Crippen molar-refractivity contribution >= 4 is 27.5 Å². The summed E-state index contributed by atoms with van der Waals surface area (Å²) in [5.41, 5.74) is 0.645. The molecule has 0 aliphatic carbocycles. The number of carbonyl (C=O) groups excluding carboxylic acids is 1. The molecule has 0 saturated carbocycles. The molecule has 0 bridgehead atoms. The summed E-state index contributed by atoms with van der Waals surface area (Å²) in [6, 6.07) is 0. The van der Waals surface area contributed by atoms with Crippen molar-refractivity contribution in [3.8, 4) is 0 Å². The molecule has 112 valence electrons. The lowest BCUT2D eigenvalue weighted by molar-refractivity contribution is 0.0306. The van der Waals surface area contributed by atoms with Gasteiger partial charge < -0.3 is 9.64 Å². The van der Waals surface area contributed by atoms with E-state index in [1.54, 1.807) is 18.9 Å². The number of aryl methyl sites for hydroxylation is 2. The maximum absolute atomic E-state index is 12.6. The topological polar surface area (TPSA) is 64.4 Å². The van der Waals surface area contributed by atoms with Gasteiger partial charge in [-0.2, -0.15) is 0 Å². The van der Waals surface area contributed by atoms with Gasteiger partial charge in [-0.3, -0.25) is 14.2 Å². The van der Waals surface area contributed by atoms with Crippen LogP contribution in [0.25, 0.3) is 10.2 Å². The van der Waals surface area contributed by atoms with E-state index >= 15 is 0 Å². The molecule has 1 saturated heterocycles. The van der Waals surface area contributed by atoms with E-state index in [0.717, 1.165) is 5.56 Å². The first-order valence-electron chi connectivity index (χ1n) is 6.84. The fraction of sp³-hybridized carbons (Fsp3) is 0.500. The predicted octanol–water partition coefficient (Wildman–Crippen LogP) is 1.08. The van der Waals surface area contributed by atoms with Crippen LogP contribution in [-0.4, -0.2) is 46.7 Å². The Morgan fingerprint density at radius 3 is 2.62 bits per heavy atom. The standard InChI is InChI=1S/C14H17N3O3S/c1-8-10-12(15-9(2)16(3)13(10)18)21-11(8)14(19)17-4-6-20-7-5-17/h4-7H2,1-3H3. The number of nitrogens with zero attached hydrogens (tertiary/aromatic N) is 3. The van der Waals surface area contributed by atoms with E-state index in [4.69, 9.17) is 4.74 Å². The summed E-state index contributed by atoms with van der Waals surface area (Å²) in [6.45, 7) is 5.93. The molecule has 1 aliphatic rings. The average molecular weight is 307 g/mol. The Morgan fingerprint density at radius 2 is 1.95 bits per heavy atom. The molecule has 0 radical (unpaired) electrons. The second-order valence-electron chi connectivity index (χ2n) is 5.16. The summed E-state index contributed by atoms with van der Waals surface area (Å²) < 4.78 is 6.79. The maximum atomic E-state index is 12.6. The Bertz CT molecular complexity index is 772. The van der Waals surface area contributed by atoms with Gasteiger partial charge in [0.15, 0.2) is 0 Å². The molecule has 0 unspecified atom stereocenters. The van der Waals surface area contributed by atoms with Crippen molar-refractivity contribution in [2.45, 2.75) is 13.8 Å². The summed E-state index contributed by atoms with van der Waals surface area (Å²) in [5.74, 6) is 0.623. The van der Waals surface area contributed by atoms with E-state index in [1.807, 2.05) is 6.92 Å². The van der Waals surface area contributed by atoms with Crippen molar-refractivity contribution in [3.63, 3.8) is 0 Å². The summed E-state index contributed by atoms with van der Waals surface area (Å²) in [7, 11) is 1.70. The molecule has 2 aromatic heterocycles. The zero-order chi connectivity index (χ0) is 15.1. The number of hydrogen-bond acceptors (Lipinski definition) is 5. The van der Waals surface area contributed by atoms with Crippen LogP contribution in [0.1, 0.15) is 21.1 Å². The zero-order valence-electron chi connectivity index (χ0n) is 12.3. The minimum Gasteiger partial charge on any atom is -0.378 e. The van der Waals surface area contributed by atoms with Crippen molar-refractivity contribution < 1.29 is 9.53 Å². The number of ether oxygens (including phenoxy) is 1. The molecule has 0 N–H and O–H groups in total. The molecule has 1 amide bonds. The van der Waals surface area contributed by atoms with Crippen molar-refractivity contribution in [2.24, 2.45) is 7.05 Å². The lowest BCUT2D eigenvalue weighted by Gasteiger charge is -2.26. The monoisotopic (exact) mass is 307 g/mol. The molecule has 21 heavy (non-hydrogen) atoms. The Kier molecular flexibility index (Phi) is 3.54. The second-order valence-corrected chi connectivity index (χ2v) is 6.16. The van der Waals surface area contributed by atoms with E-state index in [-0.39, 0.29) is 11.5 Å². The van der Waals surface area contributed by atoms with E-state index < -0.39 is 0 Å². The molecule has 0 aromatic carbocycles. The maximum Gasteiger partial charge on any atom is 0.264 e. The van der Waals surface area contributed by atoms with Crippen molar-refractivity contribution in [2.75, 3.05) is 26.3 Å². The van der Waals surface area contributed by atoms with E-state index in [2.05, 4.69) is 4.98 Å². The van der Waals surface area contributed by atoms with Gasteiger partial charge in [0.2, 0.25) is 0 Å². The van der Waals surface area contributed by atoms with Gasteiger partial charge >= 0.3 is 0 Å². The van der Waals surface area contributed by atoms with Crippen molar-refractivity contribution in [1.29, 1.82) is 0 Å². The molecule has 2 aromatic rings. The van der Waals surface area contributed by atoms with E-state index in [1.165, 1.54) is 15.9 Å². The highest BCUT2D eigenvalue weighted by Gasteiger charge is 2.25. The third kappa shape index (κ3) is 2.26. The number of aromatic nitrogens is 2. The van der Waals surface area contributed by atoms with Crippen LogP contribution in [-0.2, 0) is 11.8 Å². The lowest BCUT2D eigenvalue weighted by Crippen LogP contribution is -2.40. The normalized spacial score (nSPS) is 15.7. The quantitative estimate of drug-likeness (QED) is 0.791. The molecule has 0 atom stereocenters. The largest absolute Gasteiger partial charge is 0.378 e. The first kappa shape index (κ1) is 14.2. The highest BCUT2D eigenvalue weighted by molar-refractivity contribution is 7.20. The fourth-order valence-electron chi connectivity index (χ4n) is 2.48. The number of morpholine rings is 1. The molecule has 7 heteroatoms. The van der Waals surface area contributed by atoms with Crippen LogP contribution in [0.3, 0.4) is 0 Å². The fourth-order valence-corrected chi connectivity index (χ4v) is 3.66. The molecule has 3 heterocycles. The second kappa shape index (κ2) is 5.23. The van der Waals surface area contributed by atoms with Crippen LogP contribution in [0.4, 0.5) is 0 Å². The first-order valence-corrected chi connectivity index (χ1v) is 7.66. The number of rotatable bonds is 1. The molecule has 0 spiro atoms. The predicted molar refractivity (Wildman–Crippen MR) is 81.1 cm³/mol. The Morgan fingerprint density at radius 1 is 1.29 bits per heavy atom. The summed E-state index contributed by atoms with van der Waals surface area (Å²) >= 11 is 1.31. The molecule has 3 rings (SSSR count). The van der Waals surface area contributed by atoms with E-state index in [9.17, 15) is 9.59 Å². The van der Waals surface area contributed by atoms with Gasteiger partial charge in [-0.15, -0.1) is 11.3 Å². The van der Waals surface area contributed by atoms with Crippen molar-refractivity contribution in [1.82, 2.24) is 14.5 Å². The van der Waals surface area contributed by atoms with Crippen LogP contribution < -0.4 is 5.56 Å². The zero-order valence-corrected chi connectivity index (χ0v) is 13.1. The van der Waals surface area contributed by atoms with Gasteiger partial charge in [0.05, 0.1) is 23.5 Å². The minimum absolute atomic E-state index is 0.0292. The smallest absolute Gasteiger partial charge is 0.264 e. The minimum atomic E-state index is -0.0905. The Labute approximate surface area is 126 Å². The summed E-state index contributed by atoms with van der Waals surface area (Å²) in [6.07, 6.45) is 0. The molecular formula is C14H17N3O3S. The van der Waals surface area contributed by atoms with Gasteiger partial charge in [-0.05, 0) is 19.4 Å². The Hall–Kier alpha value is -1.73.